The number of likely N-dealkylation sites (tertiary alicyclic amines) is 1. The van der Waals surface area contributed by atoms with Gasteiger partial charge in [-0.1, -0.05) is 19.8 Å². The molecular formula is C18H32N2O2. The third kappa shape index (κ3) is 4.45. The van der Waals surface area contributed by atoms with Gasteiger partial charge in [-0.15, -0.1) is 0 Å². The normalized spacial score (nSPS) is 25.6. The number of carbonyl (C=O) groups excluding carboxylic acids is 1. The zero-order valence-electron chi connectivity index (χ0n) is 14.1. The van der Waals surface area contributed by atoms with Crippen LogP contribution in [0.1, 0.15) is 64.7 Å². The molecule has 1 atom stereocenters. The lowest BCUT2D eigenvalue weighted by Gasteiger charge is -2.35. The average molecular weight is 308 g/mol. The first-order valence-electron chi connectivity index (χ1n) is 9.44. The molecular weight excluding hydrogens is 276 g/mol. The zero-order valence-corrected chi connectivity index (χ0v) is 14.1. The van der Waals surface area contributed by atoms with Gasteiger partial charge >= 0.3 is 0 Å². The number of piperidine rings is 1. The first-order valence-corrected chi connectivity index (χ1v) is 9.44. The van der Waals surface area contributed by atoms with Crippen LogP contribution in [0.25, 0.3) is 0 Å². The van der Waals surface area contributed by atoms with Crippen molar-refractivity contribution in [3.05, 3.63) is 0 Å². The lowest BCUT2D eigenvalue weighted by Crippen LogP contribution is -2.49. The SMILES string of the molecule is CCC(OC1CCCC1)C(=O)N1CCC(NCC2CC2)CC1. The van der Waals surface area contributed by atoms with Gasteiger partial charge in [-0.3, -0.25) is 4.79 Å². The fourth-order valence-corrected chi connectivity index (χ4v) is 3.75. The van der Waals surface area contributed by atoms with Gasteiger partial charge in [0.25, 0.3) is 5.91 Å². The summed E-state index contributed by atoms with van der Waals surface area (Å²) in [5, 5.41) is 3.68. The van der Waals surface area contributed by atoms with E-state index in [0.29, 0.717) is 12.1 Å². The third-order valence-corrected chi connectivity index (χ3v) is 5.50. The van der Waals surface area contributed by atoms with Crippen LogP contribution < -0.4 is 5.32 Å². The lowest BCUT2D eigenvalue weighted by molar-refractivity contribution is -0.148. The first kappa shape index (κ1) is 16.3. The molecule has 0 spiro atoms. The Morgan fingerprint density at radius 2 is 1.82 bits per heavy atom. The van der Waals surface area contributed by atoms with Crippen LogP contribution in [0, 0.1) is 5.92 Å². The zero-order chi connectivity index (χ0) is 15.4. The second-order valence-corrected chi connectivity index (χ2v) is 7.39. The molecule has 0 radical (unpaired) electrons. The van der Waals surface area contributed by atoms with Crippen LogP contribution in [-0.4, -0.2) is 48.7 Å². The minimum Gasteiger partial charge on any atom is -0.365 e. The van der Waals surface area contributed by atoms with Gasteiger partial charge < -0.3 is 15.0 Å². The van der Waals surface area contributed by atoms with Gasteiger partial charge in [0.1, 0.15) is 6.10 Å². The monoisotopic (exact) mass is 308 g/mol. The number of hydrogen-bond donors (Lipinski definition) is 1. The van der Waals surface area contributed by atoms with Crippen LogP contribution in [0.2, 0.25) is 0 Å². The van der Waals surface area contributed by atoms with Gasteiger partial charge in [0.15, 0.2) is 0 Å². The molecule has 1 aliphatic heterocycles. The summed E-state index contributed by atoms with van der Waals surface area (Å²) in [5.74, 6) is 1.17. The van der Waals surface area contributed by atoms with Gasteiger partial charge in [-0.2, -0.15) is 0 Å². The molecule has 3 aliphatic rings. The van der Waals surface area contributed by atoms with E-state index >= 15 is 0 Å². The summed E-state index contributed by atoms with van der Waals surface area (Å²) < 4.78 is 6.08. The highest BCUT2D eigenvalue weighted by atomic mass is 16.5. The topological polar surface area (TPSA) is 41.6 Å². The summed E-state index contributed by atoms with van der Waals surface area (Å²) in [5.41, 5.74) is 0. The van der Waals surface area contributed by atoms with Gasteiger partial charge in [-0.05, 0) is 57.4 Å². The van der Waals surface area contributed by atoms with E-state index in [0.717, 1.165) is 51.1 Å². The summed E-state index contributed by atoms with van der Waals surface area (Å²) >= 11 is 0. The molecule has 1 heterocycles. The van der Waals surface area contributed by atoms with Crippen LogP contribution in [-0.2, 0) is 9.53 Å². The van der Waals surface area contributed by atoms with E-state index in [2.05, 4.69) is 12.2 Å². The van der Waals surface area contributed by atoms with Crippen molar-refractivity contribution < 1.29 is 9.53 Å². The van der Waals surface area contributed by atoms with Crippen molar-refractivity contribution in [1.82, 2.24) is 10.2 Å². The maximum Gasteiger partial charge on any atom is 0.251 e. The van der Waals surface area contributed by atoms with E-state index < -0.39 is 0 Å². The molecule has 0 aromatic heterocycles. The Morgan fingerprint density at radius 3 is 2.41 bits per heavy atom. The number of carbonyl (C=O) groups is 1. The lowest BCUT2D eigenvalue weighted by atomic mass is 10.0. The molecule has 1 unspecified atom stereocenters. The highest BCUT2D eigenvalue weighted by Gasteiger charge is 2.31. The van der Waals surface area contributed by atoms with Crippen molar-refractivity contribution in [3.63, 3.8) is 0 Å². The van der Waals surface area contributed by atoms with Gasteiger partial charge in [0.2, 0.25) is 0 Å². The second-order valence-electron chi connectivity index (χ2n) is 7.39. The fourth-order valence-electron chi connectivity index (χ4n) is 3.75. The van der Waals surface area contributed by atoms with E-state index in [9.17, 15) is 4.79 Å². The standard InChI is InChI=1S/C18H32N2O2/c1-2-17(22-16-5-3-4-6-16)18(21)20-11-9-15(10-12-20)19-13-14-7-8-14/h14-17,19H,2-13H2,1H3. The van der Waals surface area contributed by atoms with E-state index in [1.165, 1.54) is 32.2 Å². The molecule has 1 N–H and O–H groups in total. The Kier molecular flexibility index (Phi) is 5.75. The molecule has 0 aromatic rings. The van der Waals surface area contributed by atoms with Crippen molar-refractivity contribution in [3.8, 4) is 0 Å². The molecule has 0 aromatic carbocycles. The van der Waals surface area contributed by atoms with E-state index in [-0.39, 0.29) is 12.0 Å². The number of amides is 1. The Balaban J connectivity index is 1.40. The van der Waals surface area contributed by atoms with Crippen molar-refractivity contribution >= 4 is 5.91 Å². The summed E-state index contributed by atoms with van der Waals surface area (Å²) in [4.78, 5) is 14.7. The van der Waals surface area contributed by atoms with Crippen LogP contribution in [0.5, 0.6) is 0 Å². The summed E-state index contributed by atoms with van der Waals surface area (Å²) in [6, 6.07) is 0.612. The smallest absolute Gasteiger partial charge is 0.251 e. The maximum atomic E-state index is 12.7. The van der Waals surface area contributed by atoms with E-state index in [4.69, 9.17) is 4.74 Å². The fraction of sp³-hybridized carbons (Fsp3) is 0.944. The Morgan fingerprint density at radius 1 is 1.14 bits per heavy atom. The van der Waals surface area contributed by atoms with E-state index in [1.807, 2.05) is 4.90 Å². The molecule has 3 fully saturated rings. The number of rotatable bonds is 7. The van der Waals surface area contributed by atoms with Crippen LogP contribution in [0.15, 0.2) is 0 Å². The minimum atomic E-state index is -0.209. The second kappa shape index (κ2) is 7.78. The van der Waals surface area contributed by atoms with Crippen LogP contribution in [0.3, 0.4) is 0 Å². The maximum absolute atomic E-state index is 12.7. The van der Waals surface area contributed by atoms with Gasteiger partial charge in [-0.25, -0.2) is 0 Å². The minimum absolute atomic E-state index is 0.209. The Labute approximate surface area is 135 Å². The van der Waals surface area contributed by atoms with Gasteiger partial charge in [0.05, 0.1) is 6.10 Å². The molecule has 0 bridgehead atoms. The summed E-state index contributed by atoms with van der Waals surface area (Å²) in [6.45, 7) is 5.04. The predicted octanol–water partition coefficient (Wildman–Crippen LogP) is 2.71. The average Bonchev–Trinajstić information content (AvgIpc) is 3.25. The molecule has 1 saturated heterocycles. The predicted molar refractivity (Wildman–Crippen MR) is 87.7 cm³/mol. The summed E-state index contributed by atoms with van der Waals surface area (Å²) in [7, 11) is 0. The molecule has 22 heavy (non-hydrogen) atoms. The Bertz CT molecular complexity index is 356. The molecule has 4 nitrogen and oxygen atoms in total. The highest BCUT2D eigenvalue weighted by Crippen LogP contribution is 2.28. The summed E-state index contributed by atoms with van der Waals surface area (Å²) in [6.07, 6.45) is 10.7. The molecule has 126 valence electrons. The molecule has 2 saturated carbocycles. The molecule has 2 aliphatic carbocycles. The van der Waals surface area contributed by atoms with Crippen LogP contribution in [0.4, 0.5) is 0 Å². The largest absolute Gasteiger partial charge is 0.365 e. The number of nitrogens with one attached hydrogen (secondary N) is 1. The Hall–Kier alpha value is -0.610. The molecule has 1 amide bonds. The molecule has 4 heteroatoms. The van der Waals surface area contributed by atoms with Gasteiger partial charge in [0, 0.05) is 19.1 Å². The first-order chi connectivity index (χ1) is 10.8. The van der Waals surface area contributed by atoms with E-state index in [1.54, 1.807) is 0 Å². The van der Waals surface area contributed by atoms with Crippen molar-refractivity contribution in [2.24, 2.45) is 5.92 Å². The van der Waals surface area contributed by atoms with Crippen LogP contribution >= 0.6 is 0 Å². The number of ether oxygens (including phenoxy) is 1. The van der Waals surface area contributed by atoms with Crippen molar-refractivity contribution in [2.45, 2.75) is 83.0 Å². The number of nitrogens with zero attached hydrogens (tertiary/aromatic N) is 1. The number of hydrogen-bond acceptors (Lipinski definition) is 3. The quantitative estimate of drug-likeness (QED) is 0.786. The molecule has 3 rings (SSSR count). The highest BCUT2D eigenvalue weighted by molar-refractivity contribution is 5.81. The third-order valence-electron chi connectivity index (χ3n) is 5.50. The van der Waals surface area contributed by atoms with Crippen molar-refractivity contribution in [1.29, 1.82) is 0 Å². The van der Waals surface area contributed by atoms with Crippen molar-refractivity contribution in [2.75, 3.05) is 19.6 Å².